The van der Waals surface area contributed by atoms with Crippen LogP contribution in [0.1, 0.15) is 30.6 Å². The first-order valence-electron chi connectivity index (χ1n) is 10.8. The molecule has 2 N–H and O–H groups in total. The molecule has 1 saturated heterocycles. The highest BCUT2D eigenvalue weighted by atomic mass is 19.1. The molecule has 0 aliphatic carbocycles. The monoisotopic (exact) mass is 433 g/mol. The Labute approximate surface area is 185 Å². The van der Waals surface area contributed by atoms with Gasteiger partial charge in [0, 0.05) is 56.1 Å². The summed E-state index contributed by atoms with van der Waals surface area (Å²) < 4.78 is 14.5. The third-order valence-electron chi connectivity index (χ3n) is 6.27. The fraction of sp³-hybridized carbons (Fsp3) is 0.348. The van der Waals surface area contributed by atoms with E-state index in [0.29, 0.717) is 49.9 Å². The summed E-state index contributed by atoms with van der Waals surface area (Å²) in [6.45, 7) is 3.81. The van der Waals surface area contributed by atoms with E-state index in [2.05, 4.69) is 14.9 Å². The van der Waals surface area contributed by atoms with E-state index in [4.69, 9.17) is 15.7 Å². The Morgan fingerprint density at radius 2 is 2.00 bits per heavy atom. The smallest absolute Gasteiger partial charge is 0.222 e. The SMILES string of the molecule is CC1c2cnc(-c3ccccn3)nc2CCN1c1cc(F)cc(N2CCC(C(N)=O)C2)n1. The molecule has 0 aromatic carbocycles. The van der Waals surface area contributed by atoms with Crippen LogP contribution in [0.3, 0.4) is 0 Å². The number of amides is 1. The van der Waals surface area contributed by atoms with Crippen LogP contribution in [0.5, 0.6) is 0 Å². The van der Waals surface area contributed by atoms with Gasteiger partial charge in [0.25, 0.3) is 0 Å². The van der Waals surface area contributed by atoms with Crippen LogP contribution in [0.4, 0.5) is 16.0 Å². The predicted molar refractivity (Wildman–Crippen MR) is 118 cm³/mol. The highest BCUT2D eigenvalue weighted by molar-refractivity contribution is 5.78. The van der Waals surface area contributed by atoms with Crippen LogP contribution in [-0.4, -0.2) is 45.5 Å². The summed E-state index contributed by atoms with van der Waals surface area (Å²) in [5, 5.41) is 0. The fourth-order valence-corrected chi connectivity index (χ4v) is 4.47. The number of anilines is 2. The normalized spacial score (nSPS) is 20.3. The van der Waals surface area contributed by atoms with Crippen LogP contribution in [0.2, 0.25) is 0 Å². The molecule has 1 fully saturated rings. The number of hydrogen-bond donors (Lipinski definition) is 1. The second-order valence-electron chi connectivity index (χ2n) is 8.27. The topological polar surface area (TPSA) is 101 Å². The van der Waals surface area contributed by atoms with Crippen LogP contribution >= 0.6 is 0 Å². The summed E-state index contributed by atoms with van der Waals surface area (Å²) >= 11 is 0. The van der Waals surface area contributed by atoms with E-state index in [9.17, 15) is 9.18 Å². The Balaban J connectivity index is 1.41. The quantitative estimate of drug-likeness (QED) is 0.675. The van der Waals surface area contributed by atoms with Gasteiger partial charge in [0.2, 0.25) is 5.91 Å². The lowest BCUT2D eigenvalue weighted by atomic mass is 9.99. The van der Waals surface area contributed by atoms with Gasteiger partial charge in [-0.05, 0) is 25.5 Å². The molecule has 2 unspecified atom stereocenters. The lowest BCUT2D eigenvalue weighted by molar-refractivity contribution is -0.121. The van der Waals surface area contributed by atoms with Crippen molar-refractivity contribution in [2.24, 2.45) is 11.7 Å². The number of pyridine rings is 2. The molecule has 164 valence electrons. The zero-order valence-electron chi connectivity index (χ0n) is 17.8. The Bertz CT molecular complexity index is 1160. The number of rotatable bonds is 4. The summed E-state index contributed by atoms with van der Waals surface area (Å²) in [4.78, 5) is 33.8. The van der Waals surface area contributed by atoms with Gasteiger partial charge < -0.3 is 15.5 Å². The van der Waals surface area contributed by atoms with Gasteiger partial charge in [-0.1, -0.05) is 6.07 Å². The molecule has 9 heteroatoms. The number of nitrogens with two attached hydrogens (primary N) is 1. The van der Waals surface area contributed by atoms with Crippen molar-refractivity contribution < 1.29 is 9.18 Å². The van der Waals surface area contributed by atoms with Crippen molar-refractivity contribution in [1.29, 1.82) is 0 Å². The Hall–Kier alpha value is -3.62. The van der Waals surface area contributed by atoms with Gasteiger partial charge in [0.1, 0.15) is 23.1 Å². The zero-order chi connectivity index (χ0) is 22.2. The number of carbonyl (C=O) groups excluding carboxylic acids is 1. The zero-order valence-corrected chi connectivity index (χ0v) is 17.8. The van der Waals surface area contributed by atoms with Crippen molar-refractivity contribution in [3.05, 3.63) is 59.8 Å². The molecule has 3 aromatic heterocycles. The van der Waals surface area contributed by atoms with Gasteiger partial charge in [0.15, 0.2) is 5.82 Å². The molecule has 3 aromatic rings. The third kappa shape index (κ3) is 3.74. The minimum absolute atomic E-state index is 0.0596. The van der Waals surface area contributed by atoms with Crippen molar-refractivity contribution in [1.82, 2.24) is 19.9 Å². The standard InChI is InChI=1S/C23H24FN7O/c1-14-17-12-27-23(19-4-2-3-7-26-19)28-18(17)6-9-31(14)21-11-16(24)10-20(29-21)30-8-5-15(13-30)22(25)32/h2-4,7,10-12,14-15H,5-6,8-9,13H2,1H3,(H2,25,32). The van der Waals surface area contributed by atoms with Crippen LogP contribution in [0, 0.1) is 11.7 Å². The average molecular weight is 433 g/mol. The van der Waals surface area contributed by atoms with E-state index in [-0.39, 0.29) is 23.7 Å². The first-order chi connectivity index (χ1) is 15.5. The van der Waals surface area contributed by atoms with E-state index < -0.39 is 0 Å². The Morgan fingerprint density at radius 1 is 1.16 bits per heavy atom. The van der Waals surface area contributed by atoms with E-state index in [1.807, 2.05) is 36.2 Å². The van der Waals surface area contributed by atoms with Gasteiger partial charge in [-0.2, -0.15) is 0 Å². The number of nitrogens with zero attached hydrogens (tertiary/aromatic N) is 6. The predicted octanol–water partition coefficient (Wildman–Crippen LogP) is 2.51. The highest BCUT2D eigenvalue weighted by Gasteiger charge is 2.30. The number of carbonyl (C=O) groups is 1. The molecule has 2 aliphatic rings. The fourth-order valence-electron chi connectivity index (χ4n) is 4.47. The first-order valence-corrected chi connectivity index (χ1v) is 10.8. The molecule has 0 radical (unpaired) electrons. The van der Waals surface area contributed by atoms with Gasteiger partial charge in [-0.25, -0.2) is 19.3 Å². The van der Waals surface area contributed by atoms with Crippen molar-refractivity contribution >= 4 is 17.5 Å². The number of primary amides is 1. The summed E-state index contributed by atoms with van der Waals surface area (Å²) in [5.41, 5.74) is 8.15. The maximum Gasteiger partial charge on any atom is 0.222 e. The Kier molecular flexibility index (Phi) is 5.16. The molecule has 2 atom stereocenters. The molecular weight excluding hydrogens is 409 g/mol. The molecule has 0 saturated carbocycles. The van der Waals surface area contributed by atoms with Crippen LogP contribution in [0.25, 0.3) is 11.5 Å². The number of aromatic nitrogens is 4. The molecule has 5 rings (SSSR count). The van der Waals surface area contributed by atoms with Gasteiger partial charge >= 0.3 is 0 Å². The maximum atomic E-state index is 14.5. The summed E-state index contributed by atoms with van der Waals surface area (Å²) in [7, 11) is 0. The lowest BCUT2D eigenvalue weighted by Crippen LogP contribution is -2.36. The Morgan fingerprint density at radius 3 is 2.75 bits per heavy atom. The lowest BCUT2D eigenvalue weighted by Gasteiger charge is -2.36. The van der Waals surface area contributed by atoms with Crippen molar-refractivity contribution in [3.8, 4) is 11.5 Å². The van der Waals surface area contributed by atoms with Crippen molar-refractivity contribution in [2.45, 2.75) is 25.8 Å². The molecule has 1 amide bonds. The third-order valence-corrected chi connectivity index (χ3v) is 6.27. The number of fused-ring (bicyclic) bond motifs is 1. The van der Waals surface area contributed by atoms with E-state index in [0.717, 1.165) is 17.0 Å². The highest BCUT2D eigenvalue weighted by Crippen LogP contribution is 2.34. The largest absolute Gasteiger partial charge is 0.369 e. The van der Waals surface area contributed by atoms with E-state index in [1.54, 1.807) is 6.20 Å². The number of halogens is 1. The van der Waals surface area contributed by atoms with Crippen LogP contribution < -0.4 is 15.5 Å². The van der Waals surface area contributed by atoms with Gasteiger partial charge in [0.05, 0.1) is 17.7 Å². The van der Waals surface area contributed by atoms with Crippen molar-refractivity contribution in [2.75, 3.05) is 29.4 Å². The number of hydrogen-bond acceptors (Lipinski definition) is 7. The minimum Gasteiger partial charge on any atom is -0.369 e. The van der Waals surface area contributed by atoms with Crippen LogP contribution in [0.15, 0.2) is 42.7 Å². The van der Waals surface area contributed by atoms with E-state index >= 15 is 0 Å². The van der Waals surface area contributed by atoms with Gasteiger partial charge in [-0.3, -0.25) is 9.78 Å². The minimum atomic E-state index is -0.354. The van der Waals surface area contributed by atoms with Gasteiger partial charge in [-0.15, -0.1) is 0 Å². The molecule has 2 aliphatic heterocycles. The van der Waals surface area contributed by atoms with E-state index in [1.165, 1.54) is 12.1 Å². The molecular formula is C23H24FN7O. The summed E-state index contributed by atoms with van der Waals surface area (Å²) in [6.07, 6.45) is 4.92. The first kappa shape index (κ1) is 20.3. The average Bonchev–Trinajstić information content (AvgIpc) is 3.30. The molecule has 8 nitrogen and oxygen atoms in total. The second kappa shape index (κ2) is 8.14. The maximum absolute atomic E-state index is 14.5. The summed E-state index contributed by atoms with van der Waals surface area (Å²) in [6, 6.07) is 8.47. The van der Waals surface area contributed by atoms with Crippen molar-refractivity contribution in [3.63, 3.8) is 0 Å². The molecule has 32 heavy (non-hydrogen) atoms. The molecule has 5 heterocycles. The molecule has 0 spiro atoms. The second-order valence-corrected chi connectivity index (χ2v) is 8.27. The van der Waals surface area contributed by atoms with Crippen LogP contribution in [-0.2, 0) is 11.2 Å². The summed E-state index contributed by atoms with van der Waals surface area (Å²) in [5.74, 6) is 0.796. The molecule has 0 bridgehead atoms.